The molecule has 0 unspecified atom stereocenters. The first-order chi connectivity index (χ1) is 10.1. The number of carboxylic acids is 1. The van der Waals surface area contributed by atoms with E-state index in [4.69, 9.17) is 11.5 Å². The number of terminal acetylenes is 1. The van der Waals surface area contributed by atoms with Crippen molar-refractivity contribution >= 4 is 21.9 Å². The van der Waals surface area contributed by atoms with Gasteiger partial charge in [-0.05, 0) is 32.0 Å². The fourth-order valence-electron chi connectivity index (χ4n) is 1.43. The highest BCUT2D eigenvalue weighted by Gasteiger charge is 2.29. The van der Waals surface area contributed by atoms with Crippen molar-refractivity contribution in [3.05, 3.63) is 29.8 Å². The van der Waals surface area contributed by atoms with Crippen molar-refractivity contribution in [1.82, 2.24) is 10.0 Å². The topological polar surface area (TPSA) is 113 Å². The molecule has 0 aromatic heterocycles. The average Bonchev–Trinajstić information content (AvgIpc) is 2.44. The second-order valence-corrected chi connectivity index (χ2v) is 6.71. The Labute approximate surface area is 128 Å². The normalized spacial score (nSPS) is 11.5. The quantitative estimate of drug-likeness (QED) is 0.647. The summed E-state index contributed by atoms with van der Waals surface area (Å²) in [7, 11) is -3.83. The van der Waals surface area contributed by atoms with Gasteiger partial charge in [0.2, 0.25) is 10.0 Å². The number of carbonyl (C=O) groups excluding carboxylic acids is 1. The lowest BCUT2D eigenvalue weighted by atomic mass is 10.1. The fourth-order valence-corrected chi connectivity index (χ4v) is 2.41. The molecule has 0 saturated carbocycles. The molecule has 1 aromatic rings. The van der Waals surface area contributed by atoms with Gasteiger partial charge in [-0.15, -0.1) is 6.42 Å². The van der Waals surface area contributed by atoms with E-state index in [0.717, 1.165) is 6.07 Å². The van der Waals surface area contributed by atoms with Crippen LogP contribution in [-0.4, -0.2) is 37.5 Å². The smallest absolute Gasteiger partial charge is 0.328 e. The van der Waals surface area contributed by atoms with Gasteiger partial charge in [-0.25, -0.2) is 13.2 Å². The molecule has 0 aliphatic heterocycles. The monoisotopic (exact) mass is 324 g/mol. The highest BCUT2D eigenvalue weighted by Crippen LogP contribution is 2.13. The lowest BCUT2D eigenvalue weighted by molar-refractivity contribution is -0.143. The Morgan fingerprint density at radius 2 is 2.00 bits per heavy atom. The van der Waals surface area contributed by atoms with E-state index < -0.39 is 27.4 Å². The predicted molar refractivity (Wildman–Crippen MR) is 79.6 cm³/mol. The SMILES string of the molecule is C#CCNS(=O)(=O)c1cccc(C(=O)NC(C)(C)C(=O)O)c1. The van der Waals surface area contributed by atoms with Gasteiger partial charge in [-0.3, -0.25) is 4.79 Å². The minimum atomic E-state index is -3.83. The van der Waals surface area contributed by atoms with Crippen molar-refractivity contribution in [1.29, 1.82) is 0 Å². The Bertz CT molecular complexity index is 732. The number of benzene rings is 1. The van der Waals surface area contributed by atoms with Crippen LogP contribution in [0.15, 0.2) is 29.2 Å². The van der Waals surface area contributed by atoms with Gasteiger partial charge in [-0.1, -0.05) is 12.0 Å². The van der Waals surface area contributed by atoms with E-state index in [0.29, 0.717) is 0 Å². The van der Waals surface area contributed by atoms with Gasteiger partial charge in [0.05, 0.1) is 11.4 Å². The number of sulfonamides is 1. The molecule has 118 valence electrons. The Hall–Kier alpha value is -2.37. The molecular formula is C14H16N2O5S. The number of rotatable bonds is 6. The molecule has 1 amide bonds. The maximum atomic E-state index is 12.0. The van der Waals surface area contributed by atoms with Crippen LogP contribution in [0.2, 0.25) is 0 Å². The van der Waals surface area contributed by atoms with Gasteiger partial charge < -0.3 is 10.4 Å². The van der Waals surface area contributed by atoms with Gasteiger partial charge in [0, 0.05) is 5.56 Å². The second-order valence-electron chi connectivity index (χ2n) is 4.94. The minimum Gasteiger partial charge on any atom is -0.480 e. The Kier molecular flexibility index (Phi) is 5.30. The molecule has 0 saturated heterocycles. The summed E-state index contributed by atoms with van der Waals surface area (Å²) in [6.45, 7) is 2.47. The zero-order chi connectivity index (χ0) is 17.0. The molecule has 8 heteroatoms. The van der Waals surface area contributed by atoms with E-state index in [2.05, 4.69) is 16.0 Å². The minimum absolute atomic E-state index is 0.0258. The summed E-state index contributed by atoms with van der Waals surface area (Å²) in [6.07, 6.45) is 4.99. The number of carboxylic acid groups (broad SMARTS) is 1. The van der Waals surface area contributed by atoms with Crippen molar-refractivity contribution in [2.45, 2.75) is 24.3 Å². The van der Waals surface area contributed by atoms with Crippen LogP contribution in [0.1, 0.15) is 24.2 Å². The summed E-state index contributed by atoms with van der Waals surface area (Å²) < 4.78 is 26.0. The molecule has 0 bridgehead atoms. The summed E-state index contributed by atoms with van der Waals surface area (Å²) >= 11 is 0. The van der Waals surface area contributed by atoms with Crippen LogP contribution in [0.4, 0.5) is 0 Å². The van der Waals surface area contributed by atoms with Crippen LogP contribution in [0, 0.1) is 12.3 Å². The lowest BCUT2D eigenvalue weighted by Gasteiger charge is -2.21. The first-order valence-corrected chi connectivity index (χ1v) is 7.67. The van der Waals surface area contributed by atoms with Crippen LogP contribution in [0.25, 0.3) is 0 Å². The van der Waals surface area contributed by atoms with E-state index in [9.17, 15) is 18.0 Å². The highest BCUT2D eigenvalue weighted by molar-refractivity contribution is 7.89. The van der Waals surface area contributed by atoms with Gasteiger partial charge in [-0.2, -0.15) is 4.72 Å². The zero-order valence-electron chi connectivity index (χ0n) is 12.1. The summed E-state index contributed by atoms with van der Waals surface area (Å²) in [6, 6.07) is 5.21. The summed E-state index contributed by atoms with van der Waals surface area (Å²) in [5.74, 6) is 0.238. The third-order valence-electron chi connectivity index (χ3n) is 2.73. The summed E-state index contributed by atoms with van der Waals surface area (Å²) in [4.78, 5) is 22.9. The van der Waals surface area contributed by atoms with Crippen molar-refractivity contribution in [3.63, 3.8) is 0 Å². The number of amides is 1. The van der Waals surface area contributed by atoms with Gasteiger partial charge in [0.1, 0.15) is 5.54 Å². The molecule has 7 nitrogen and oxygen atoms in total. The van der Waals surface area contributed by atoms with Crippen LogP contribution >= 0.6 is 0 Å². The van der Waals surface area contributed by atoms with Crippen molar-refractivity contribution in [2.24, 2.45) is 0 Å². The molecule has 0 atom stereocenters. The van der Waals surface area contributed by atoms with Crippen LogP contribution in [-0.2, 0) is 14.8 Å². The first-order valence-electron chi connectivity index (χ1n) is 6.19. The van der Waals surface area contributed by atoms with Crippen molar-refractivity contribution in [3.8, 4) is 12.3 Å². The third-order valence-corrected chi connectivity index (χ3v) is 4.13. The number of hydrogen-bond acceptors (Lipinski definition) is 4. The number of nitrogens with one attached hydrogen (secondary N) is 2. The molecule has 0 spiro atoms. The number of carbonyl (C=O) groups is 2. The lowest BCUT2D eigenvalue weighted by Crippen LogP contribution is -2.49. The van der Waals surface area contributed by atoms with Crippen LogP contribution < -0.4 is 10.0 Å². The Balaban J connectivity index is 3.05. The predicted octanol–water partition coefficient (Wildman–Crippen LogP) is 0.191. The van der Waals surface area contributed by atoms with E-state index in [1.54, 1.807) is 0 Å². The molecule has 1 aromatic carbocycles. The largest absolute Gasteiger partial charge is 0.480 e. The fraction of sp³-hybridized carbons (Fsp3) is 0.286. The van der Waals surface area contributed by atoms with Gasteiger partial charge >= 0.3 is 5.97 Å². The van der Waals surface area contributed by atoms with Crippen LogP contribution in [0.5, 0.6) is 0 Å². The molecule has 0 heterocycles. The molecule has 0 aliphatic rings. The standard InChI is InChI=1S/C14H16N2O5S/c1-4-8-15-22(20,21)11-7-5-6-10(9-11)12(17)16-14(2,3)13(18)19/h1,5-7,9,15H,8H2,2-3H3,(H,16,17)(H,18,19). The molecule has 1 rings (SSSR count). The van der Waals surface area contributed by atoms with Crippen molar-refractivity contribution < 1.29 is 23.1 Å². The molecule has 0 fully saturated rings. The molecular weight excluding hydrogens is 308 g/mol. The zero-order valence-corrected chi connectivity index (χ0v) is 12.9. The van der Waals surface area contributed by atoms with E-state index in [-0.39, 0.29) is 17.0 Å². The maximum absolute atomic E-state index is 12.0. The molecule has 0 aliphatic carbocycles. The average molecular weight is 324 g/mol. The third kappa shape index (κ3) is 4.31. The van der Waals surface area contributed by atoms with Crippen LogP contribution in [0.3, 0.4) is 0 Å². The molecule has 0 radical (unpaired) electrons. The van der Waals surface area contributed by atoms with E-state index in [1.165, 1.54) is 32.0 Å². The van der Waals surface area contributed by atoms with Crippen molar-refractivity contribution in [2.75, 3.05) is 6.54 Å². The number of hydrogen-bond donors (Lipinski definition) is 3. The second kappa shape index (κ2) is 6.60. The van der Waals surface area contributed by atoms with Gasteiger partial charge in [0.15, 0.2) is 0 Å². The summed E-state index contributed by atoms with van der Waals surface area (Å²) in [5.41, 5.74) is -1.45. The van der Waals surface area contributed by atoms with E-state index >= 15 is 0 Å². The Morgan fingerprint density at radius 1 is 1.36 bits per heavy atom. The van der Waals surface area contributed by atoms with Gasteiger partial charge in [0.25, 0.3) is 5.91 Å². The number of aliphatic carboxylic acids is 1. The first kappa shape index (κ1) is 17.7. The molecule has 3 N–H and O–H groups in total. The molecule has 22 heavy (non-hydrogen) atoms. The highest BCUT2D eigenvalue weighted by atomic mass is 32.2. The Morgan fingerprint density at radius 3 is 2.55 bits per heavy atom. The van der Waals surface area contributed by atoms with E-state index in [1.807, 2.05) is 0 Å². The maximum Gasteiger partial charge on any atom is 0.328 e. The summed E-state index contributed by atoms with van der Waals surface area (Å²) in [5, 5.41) is 11.3.